The SMILES string of the molecule is CCCC(O)C(CC)N(C)CC1CC2CCC1C2. The third kappa shape index (κ3) is 3.08. The molecule has 2 nitrogen and oxygen atoms in total. The lowest BCUT2D eigenvalue weighted by Gasteiger charge is -2.35. The number of aliphatic hydroxyl groups is 1. The molecule has 106 valence electrons. The highest BCUT2D eigenvalue weighted by atomic mass is 16.3. The molecular formula is C16H31NO. The highest BCUT2D eigenvalue weighted by molar-refractivity contribution is 4.92. The van der Waals surface area contributed by atoms with Crippen LogP contribution in [0.3, 0.4) is 0 Å². The van der Waals surface area contributed by atoms with Gasteiger partial charge in [-0.1, -0.05) is 26.7 Å². The number of fused-ring (bicyclic) bond motifs is 2. The maximum Gasteiger partial charge on any atom is 0.0695 e. The van der Waals surface area contributed by atoms with E-state index in [1.54, 1.807) is 0 Å². The van der Waals surface area contributed by atoms with Crippen molar-refractivity contribution in [2.75, 3.05) is 13.6 Å². The van der Waals surface area contributed by atoms with Crippen molar-refractivity contribution in [3.05, 3.63) is 0 Å². The van der Waals surface area contributed by atoms with E-state index in [0.717, 1.165) is 37.0 Å². The Morgan fingerprint density at radius 3 is 2.50 bits per heavy atom. The van der Waals surface area contributed by atoms with E-state index in [1.807, 2.05) is 0 Å². The van der Waals surface area contributed by atoms with E-state index in [4.69, 9.17) is 0 Å². The summed E-state index contributed by atoms with van der Waals surface area (Å²) in [6.07, 6.45) is 8.86. The zero-order valence-electron chi connectivity index (χ0n) is 12.4. The first kappa shape index (κ1) is 14.3. The Labute approximate surface area is 113 Å². The maximum atomic E-state index is 10.2. The molecule has 0 heterocycles. The Balaban J connectivity index is 1.83. The van der Waals surface area contributed by atoms with Crippen molar-refractivity contribution in [1.29, 1.82) is 0 Å². The molecule has 5 atom stereocenters. The van der Waals surface area contributed by atoms with Crippen LogP contribution in [-0.4, -0.2) is 35.7 Å². The fraction of sp³-hybridized carbons (Fsp3) is 1.00. The summed E-state index contributed by atoms with van der Waals surface area (Å²) in [4.78, 5) is 2.45. The Hall–Kier alpha value is -0.0800. The van der Waals surface area contributed by atoms with Crippen molar-refractivity contribution in [3.63, 3.8) is 0 Å². The predicted octanol–water partition coefficient (Wildman–Crippen LogP) is 3.29. The quantitative estimate of drug-likeness (QED) is 0.752. The number of hydrogen-bond acceptors (Lipinski definition) is 2. The van der Waals surface area contributed by atoms with Crippen molar-refractivity contribution in [1.82, 2.24) is 4.90 Å². The highest BCUT2D eigenvalue weighted by Gasteiger charge is 2.40. The molecule has 0 aromatic rings. The number of rotatable bonds is 7. The lowest BCUT2D eigenvalue weighted by Crippen LogP contribution is -2.43. The minimum absolute atomic E-state index is 0.136. The maximum absolute atomic E-state index is 10.2. The first-order valence-corrected chi connectivity index (χ1v) is 8.03. The largest absolute Gasteiger partial charge is 0.391 e. The number of nitrogens with zero attached hydrogens (tertiary/aromatic N) is 1. The van der Waals surface area contributed by atoms with Crippen LogP contribution in [0.25, 0.3) is 0 Å². The molecule has 0 spiro atoms. The first-order chi connectivity index (χ1) is 8.65. The molecule has 5 unspecified atom stereocenters. The van der Waals surface area contributed by atoms with Crippen LogP contribution < -0.4 is 0 Å². The summed E-state index contributed by atoms with van der Waals surface area (Å²) < 4.78 is 0. The van der Waals surface area contributed by atoms with Gasteiger partial charge in [-0.05, 0) is 56.9 Å². The van der Waals surface area contributed by atoms with Gasteiger partial charge in [0.05, 0.1) is 6.10 Å². The van der Waals surface area contributed by atoms with Crippen LogP contribution in [0.2, 0.25) is 0 Å². The Kier molecular flexibility index (Phi) is 5.08. The highest BCUT2D eigenvalue weighted by Crippen LogP contribution is 2.48. The normalized spacial score (nSPS) is 34.2. The lowest BCUT2D eigenvalue weighted by atomic mass is 9.88. The molecule has 2 fully saturated rings. The molecule has 2 heteroatoms. The second-order valence-corrected chi connectivity index (χ2v) is 6.71. The molecule has 2 saturated carbocycles. The van der Waals surface area contributed by atoms with E-state index in [0.29, 0.717) is 6.04 Å². The molecule has 2 aliphatic carbocycles. The van der Waals surface area contributed by atoms with Crippen LogP contribution in [0.1, 0.15) is 58.8 Å². The molecule has 1 N–H and O–H groups in total. The minimum atomic E-state index is -0.136. The van der Waals surface area contributed by atoms with Crippen molar-refractivity contribution in [3.8, 4) is 0 Å². The topological polar surface area (TPSA) is 23.5 Å². The third-order valence-corrected chi connectivity index (χ3v) is 5.42. The van der Waals surface area contributed by atoms with E-state index in [2.05, 4.69) is 25.8 Å². The van der Waals surface area contributed by atoms with Crippen molar-refractivity contribution in [2.24, 2.45) is 17.8 Å². The average molecular weight is 253 g/mol. The summed E-state index contributed by atoms with van der Waals surface area (Å²) >= 11 is 0. The first-order valence-electron chi connectivity index (χ1n) is 8.03. The van der Waals surface area contributed by atoms with Gasteiger partial charge in [-0.3, -0.25) is 0 Å². The summed E-state index contributed by atoms with van der Waals surface area (Å²) in [5, 5.41) is 10.2. The average Bonchev–Trinajstić information content (AvgIpc) is 2.92. The van der Waals surface area contributed by atoms with Crippen molar-refractivity contribution in [2.45, 2.75) is 70.9 Å². The van der Waals surface area contributed by atoms with Crippen LogP contribution in [0.15, 0.2) is 0 Å². The predicted molar refractivity (Wildman–Crippen MR) is 76.6 cm³/mol. The molecule has 0 radical (unpaired) electrons. The van der Waals surface area contributed by atoms with E-state index in [9.17, 15) is 5.11 Å². The standard InChI is InChI=1S/C16H31NO/c1-4-6-16(18)15(5-2)17(3)11-14-10-12-7-8-13(14)9-12/h12-16,18H,4-11H2,1-3H3. The summed E-state index contributed by atoms with van der Waals surface area (Å²) in [5.74, 6) is 2.95. The van der Waals surface area contributed by atoms with Gasteiger partial charge in [-0.2, -0.15) is 0 Å². The summed E-state index contributed by atoms with van der Waals surface area (Å²) in [7, 11) is 2.22. The van der Waals surface area contributed by atoms with Gasteiger partial charge in [0, 0.05) is 12.6 Å². The third-order valence-electron chi connectivity index (χ3n) is 5.42. The van der Waals surface area contributed by atoms with Crippen LogP contribution in [0.4, 0.5) is 0 Å². The summed E-state index contributed by atoms with van der Waals surface area (Å²) in [6, 6.07) is 0.365. The van der Waals surface area contributed by atoms with Crippen LogP contribution in [0.5, 0.6) is 0 Å². The molecule has 0 aromatic carbocycles. The number of likely N-dealkylation sites (N-methyl/N-ethyl adjacent to an activating group) is 1. The number of hydrogen-bond donors (Lipinski definition) is 1. The zero-order chi connectivity index (χ0) is 13.1. The van der Waals surface area contributed by atoms with Gasteiger partial charge in [-0.25, -0.2) is 0 Å². The molecule has 0 aliphatic heterocycles. The fourth-order valence-electron chi connectivity index (χ4n) is 4.47. The lowest BCUT2D eigenvalue weighted by molar-refractivity contribution is 0.0417. The second kappa shape index (κ2) is 6.38. The minimum Gasteiger partial charge on any atom is -0.391 e. The fourth-order valence-corrected chi connectivity index (χ4v) is 4.47. The van der Waals surface area contributed by atoms with Gasteiger partial charge in [0.25, 0.3) is 0 Å². The van der Waals surface area contributed by atoms with Crippen LogP contribution in [0, 0.1) is 17.8 Å². The van der Waals surface area contributed by atoms with E-state index >= 15 is 0 Å². The van der Waals surface area contributed by atoms with Gasteiger partial charge in [0.1, 0.15) is 0 Å². The van der Waals surface area contributed by atoms with Crippen LogP contribution in [-0.2, 0) is 0 Å². The van der Waals surface area contributed by atoms with E-state index in [1.165, 1.54) is 32.2 Å². The van der Waals surface area contributed by atoms with Gasteiger partial charge in [-0.15, -0.1) is 0 Å². The molecule has 2 aliphatic rings. The van der Waals surface area contributed by atoms with Gasteiger partial charge in [0.15, 0.2) is 0 Å². The second-order valence-electron chi connectivity index (χ2n) is 6.71. The Morgan fingerprint density at radius 2 is 2.00 bits per heavy atom. The Morgan fingerprint density at radius 1 is 1.22 bits per heavy atom. The van der Waals surface area contributed by atoms with Gasteiger partial charge < -0.3 is 10.0 Å². The van der Waals surface area contributed by atoms with E-state index in [-0.39, 0.29) is 6.10 Å². The van der Waals surface area contributed by atoms with Crippen molar-refractivity contribution >= 4 is 0 Å². The van der Waals surface area contributed by atoms with Gasteiger partial charge >= 0.3 is 0 Å². The smallest absolute Gasteiger partial charge is 0.0695 e. The monoisotopic (exact) mass is 253 g/mol. The molecule has 0 saturated heterocycles. The zero-order valence-corrected chi connectivity index (χ0v) is 12.4. The van der Waals surface area contributed by atoms with Crippen molar-refractivity contribution < 1.29 is 5.11 Å². The molecule has 0 amide bonds. The molecule has 18 heavy (non-hydrogen) atoms. The van der Waals surface area contributed by atoms with E-state index < -0.39 is 0 Å². The summed E-state index contributed by atoms with van der Waals surface area (Å²) in [5.41, 5.74) is 0. The number of aliphatic hydroxyl groups excluding tert-OH is 1. The molecule has 2 bridgehead atoms. The summed E-state index contributed by atoms with van der Waals surface area (Å²) in [6.45, 7) is 5.58. The van der Waals surface area contributed by atoms with Crippen LogP contribution >= 0.6 is 0 Å². The Bertz CT molecular complexity index is 255. The molecular weight excluding hydrogens is 222 g/mol. The molecule has 0 aromatic heterocycles. The van der Waals surface area contributed by atoms with Gasteiger partial charge in [0.2, 0.25) is 0 Å². The molecule has 2 rings (SSSR count).